The highest BCUT2D eigenvalue weighted by molar-refractivity contribution is 7.09. The van der Waals surface area contributed by atoms with Gasteiger partial charge in [0.05, 0.1) is 23.8 Å². The number of rotatable bonds is 3. The van der Waals surface area contributed by atoms with Crippen LogP contribution in [0.25, 0.3) is 0 Å². The van der Waals surface area contributed by atoms with Crippen LogP contribution >= 0.6 is 11.3 Å². The molecule has 1 amide bonds. The first-order chi connectivity index (χ1) is 11.7. The third-order valence-electron chi connectivity index (χ3n) is 4.50. The molecule has 2 aromatic rings. The highest BCUT2D eigenvalue weighted by atomic mass is 32.1. The summed E-state index contributed by atoms with van der Waals surface area (Å²) in [7, 11) is 0. The topological polar surface area (TPSA) is 64.6 Å². The van der Waals surface area contributed by atoms with E-state index in [2.05, 4.69) is 9.97 Å². The van der Waals surface area contributed by atoms with Gasteiger partial charge in [-0.15, -0.1) is 11.3 Å². The second kappa shape index (κ2) is 6.49. The van der Waals surface area contributed by atoms with Crippen LogP contribution in [0.2, 0.25) is 0 Å². The highest BCUT2D eigenvalue weighted by Gasteiger charge is 2.47. The molecule has 0 unspecified atom stereocenters. The molecule has 2 fully saturated rings. The van der Waals surface area contributed by atoms with E-state index in [0.29, 0.717) is 24.6 Å². The van der Waals surface area contributed by atoms with Gasteiger partial charge >= 0.3 is 0 Å². The number of amides is 1. The van der Waals surface area contributed by atoms with Crippen molar-refractivity contribution in [2.24, 2.45) is 0 Å². The van der Waals surface area contributed by atoms with Gasteiger partial charge in [0.2, 0.25) is 0 Å². The Hall–Kier alpha value is -1.99. The number of carbonyl (C=O) groups is 1. The Bertz CT molecular complexity index is 721. The summed E-state index contributed by atoms with van der Waals surface area (Å²) in [6.07, 6.45) is 5.02. The number of pyridine rings is 1. The van der Waals surface area contributed by atoms with E-state index in [4.69, 9.17) is 9.47 Å². The van der Waals surface area contributed by atoms with E-state index >= 15 is 0 Å². The van der Waals surface area contributed by atoms with Crippen molar-refractivity contribution in [2.45, 2.75) is 38.0 Å². The largest absolute Gasteiger partial charge is 0.484 e. The van der Waals surface area contributed by atoms with E-state index in [1.54, 1.807) is 12.4 Å². The zero-order valence-electron chi connectivity index (χ0n) is 13.4. The van der Waals surface area contributed by atoms with E-state index in [1.165, 1.54) is 11.3 Å². The van der Waals surface area contributed by atoms with Crippen LogP contribution in [-0.4, -0.2) is 52.2 Å². The molecule has 2 saturated heterocycles. The second-order valence-corrected chi connectivity index (χ2v) is 7.16. The summed E-state index contributed by atoms with van der Waals surface area (Å²) in [5, 5.41) is 2.73. The van der Waals surface area contributed by atoms with Gasteiger partial charge in [0.15, 0.2) is 0 Å². The number of likely N-dealkylation sites (tertiary alicyclic amines) is 1. The zero-order chi connectivity index (χ0) is 16.5. The quantitative estimate of drug-likeness (QED) is 0.854. The first-order valence-electron chi connectivity index (χ1n) is 8.14. The Morgan fingerprint density at radius 1 is 1.50 bits per heavy atom. The van der Waals surface area contributed by atoms with Crippen LogP contribution in [0.3, 0.4) is 0 Å². The highest BCUT2D eigenvalue weighted by Crippen LogP contribution is 2.32. The smallest absolute Gasteiger partial charge is 0.273 e. The lowest BCUT2D eigenvalue weighted by Crippen LogP contribution is -2.44. The molecule has 0 saturated carbocycles. The molecular weight excluding hydrogens is 326 g/mol. The molecule has 2 aliphatic rings. The van der Waals surface area contributed by atoms with Crippen LogP contribution < -0.4 is 4.74 Å². The van der Waals surface area contributed by atoms with Gasteiger partial charge in [0, 0.05) is 18.2 Å². The minimum atomic E-state index is -0.178. The fraction of sp³-hybridized carbons (Fsp3) is 0.471. The number of thiazole rings is 1. The molecule has 24 heavy (non-hydrogen) atoms. The minimum absolute atomic E-state index is 0.0304. The summed E-state index contributed by atoms with van der Waals surface area (Å²) < 4.78 is 12.0. The summed E-state index contributed by atoms with van der Waals surface area (Å²) in [5.74, 6) is 0.673. The minimum Gasteiger partial charge on any atom is -0.484 e. The number of ether oxygens (including phenoxy) is 2. The van der Waals surface area contributed by atoms with Gasteiger partial charge in [-0.2, -0.15) is 0 Å². The molecule has 0 radical (unpaired) electrons. The summed E-state index contributed by atoms with van der Waals surface area (Å²) in [4.78, 5) is 23.2. The summed E-state index contributed by atoms with van der Waals surface area (Å²) >= 11 is 1.49. The number of carbonyl (C=O) groups excluding carboxylic acids is 1. The predicted molar refractivity (Wildman–Crippen MR) is 89.3 cm³/mol. The van der Waals surface area contributed by atoms with Gasteiger partial charge in [-0.05, 0) is 31.9 Å². The molecule has 0 spiro atoms. The van der Waals surface area contributed by atoms with Gasteiger partial charge in [0.25, 0.3) is 5.91 Å². The molecule has 0 N–H and O–H groups in total. The van der Waals surface area contributed by atoms with Gasteiger partial charge in [-0.3, -0.25) is 9.78 Å². The van der Waals surface area contributed by atoms with Crippen LogP contribution in [0.15, 0.2) is 29.9 Å². The first kappa shape index (κ1) is 15.5. The van der Waals surface area contributed by atoms with Gasteiger partial charge in [-0.1, -0.05) is 0 Å². The standard InChI is InChI=1S/C17H19N3O3S/c1-11-19-13(10-24-11)17(21)20-9-15(16-14(20)5-3-7-22-16)23-12-4-2-6-18-8-12/h2,4,6,8,10,14-16H,3,5,7,9H2,1H3/t14-,15+,16+/m1/s1. The van der Waals surface area contributed by atoms with Crippen molar-refractivity contribution in [3.8, 4) is 5.75 Å². The third kappa shape index (κ3) is 2.89. The van der Waals surface area contributed by atoms with Crippen molar-refractivity contribution in [3.05, 3.63) is 40.6 Å². The maximum Gasteiger partial charge on any atom is 0.273 e. The molecule has 0 bridgehead atoms. The fourth-order valence-corrected chi connectivity index (χ4v) is 4.03. The molecule has 2 aliphatic heterocycles. The zero-order valence-corrected chi connectivity index (χ0v) is 14.2. The van der Waals surface area contributed by atoms with Crippen LogP contribution in [0.5, 0.6) is 5.75 Å². The second-order valence-electron chi connectivity index (χ2n) is 6.10. The van der Waals surface area contributed by atoms with Crippen molar-refractivity contribution >= 4 is 17.2 Å². The normalized spacial score (nSPS) is 26.2. The van der Waals surface area contributed by atoms with Crippen molar-refractivity contribution in [1.29, 1.82) is 0 Å². The first-order valence-corrected chi connectivity index (χ1v) is 9.02. The Morgan fingerprint density at radius 2 is 2.42 bits per heavy atom. The Balaban J connectivity index is 1.56. The number of aromatic nitrogens is 2. The number of hydrogen-bond acceptors (Lipinski definition) is 6. The van der Waals surface area contributed by atoms with Crippen LogP contribution in [0.4, 0.5) is 0 Å². The summed E-state index contributed by atoms with van der Waals surface area (Å²) in [6, 6.07) is 3.76. The average Bonchev–Trinajstić information content (AvgIpc) is 3.20. The summed E-state index contributed by atoms with van der Waals surface area (Å²) in [6.45, 7) is 3.14. The van der Waals surface area contributed by atoms with Crippen molar-refractivity contribution in [3.63, 3.8) is 0 Å². The van der Waals surface area contributed by atoms with Crippen LogP contribution in [-0.2, 0) is 4.74 Å². The Morgan fingerprint density at radius 3 is 3.17 bits per heavy atom. The van der Waals surface area contributed by atoms with E-state index in [9.17, 15) is 4.79 Å². The molecule has 0 aliphatic carbocycles. The maximum atomic E-state index is 12.9. The number of hydrogen-bond donors (Lipinski definition) is 0. The molecule has 2 aromatic heterocycles. The average molecular weight is 345 g/mol. The summed E-state index contributed by atoms with van der Waals surface area (Å²) in [5.41, 5.74) is 0.517. The number of fused-ring (bicyclic) bond motifs is 1. The fourth-order valence-electron chi connectivity index (χ4n) is 3.45. The molecule has 7 heteroatoms. The molecule has 0 aromatic carbocycles. The van der Waals surface area contributed by atoms with Crippen molar-refractivity contribution in [2.75, 3.05) is 13.2 Å². The Kier molecular flexibility index (Phi) is 4.20. The van der Waals surface area contributed by atoms with Gasteiger partial charge in [-0.25, -0.2) is 4.98 Å². The predicted octanol–water partition coefficient (Wildman–Crippen LogP) is 2.30. The SMILES string of the molecule is Cc1nc(C(=O)N2C[C@H](Oc3cccnc3)[C@H]3OCCC[C@H]32)cs1. The number of aryl methyl sites for hydroxylation is 1. The van der Waals surface area contributed by atoms with Crippen LogP contribution in [0, 0.1) is 6.92 Å². The van der Waals surface area contributed by atoms with E-state index < -0.39 is 0 Å². The lowest BCUT2D eigenvalue weighted by atomic mass is 10.0. The molecule has 4 rings (SSSR count). The maximum absolute atomic E-state index is 12.9. The third-order valence-corrected chi connectivity index (χ3v) is 5.27. The van der Waals surface area contributed by atoms with E-state index in [0.717, 1.165) is 17.8 Å². The Labute approximate surface area is 144 Å². The van der Waals surface area contributed by atoms with Crippen LogP contribution in [0.1, 0.15) is 28.3 Å². The van der Waals surface area contributed by atoms with E-state index in [-0.39, 0.29) is 24.2 Å². The lowest BCUT2D eigenvalue weighted by molar-refractivity contribution is -0.0447. The lowest BCUT2D eigenvalue weighted by Gasteiger charge is -2.31. The van der Waals surface area contributed by atoms with Crippen molar-refractivity contribution < 1.29 is 14.3 Å². The molecule has 3 atom stereocenters. The molecule has 6 nitrogen and oxygen atoms in total. The monoisotopic (exact) mass is 345 g/mol. The van der Waals surface area contributed by atoms with E-state index in [1.807, 2.05) is 29.3 Å². The number of nitrogens with zero attached hydrogens (tertiary/aromatic N) is 3. The molecule has 126 valence electrons. The van der Waals surface area contributed by atoms with Crippen molar-refractivity contribution in [1.82, 2.24) is 14.9 Å². The van der Waals surface area contributed by atoms with Gasteiger partial charge < -0.3 is 14.4 Å². The van der Waals surface area contributed by atoms with Gasteiger partial charge in [0.1, 0.15) is 23.7 Å². The molecular formula is C17H19N3O3S. The molecule has 4 heterocycles.